The van der Waals surface area contributed by atoms with Crippen molar-refractivity contribution >= 4 is 39.3 Å². The molecule has 2 aromatic heterocycles. The second-order valence-corrected chi connectivity index (χ2v) is 9.10. The van der Waals surface area contributed by atoms with Crippen LogP contribution in [0.4, 0.5) is 5.69 Å². The fraction of sp³-hybridized carbons (Fsp3) is 0.136. The van der Waals surface area contributed by atoms with Gasteiger partial charge in [-0.2, -0.15) is 0 Å². The van der Waals surface area contributed by atoms with Crippen LogP contribution in [-0.4, -0.2) is 31.1 Å². The van der Waals surface area contributed by atoms with Gasteiger partial charge in [-0.1, -0.05) is 36.0 Å². The maximum absolute atomic E-state index is 13.1. The number of amides is 1. The zero-order valence-corrected chi connectivity index (χ0v) is 18.7. The molecule has 0 radical (unpaired) electrons. The molecular weight excluding hydrogens is 476 g/mol. The average Bonchev–Trinajstić information content (AvgIpc) is 3.52. The van der Waals surface area contributed by atoms with E-state index in [0.717, 1.165) is 38.6 Å². The van der Waals surface area contributed by atoms with Gasteiger partial charge in [0.05, 0.1) is 11.6 Å². The molecule has 7 nitrogen and oxygen atoms in total. The lowest BCUT2D eigenvalue weighted by Crippen LogP contribution is -2.13. The molecule has 4 aromatic rings. The molecule has 1 N–H and O–H groups in total. The van der Waals surface area contributed by atoms with Crippen molar-refractivity contribution in [3.8, 4) is 11.4 Å². The van der Waals surface area contributed by atoms with E-state index in [1.165, 1.54) is 11.8 Å². The molecule has 1 amide bonds. The van der Waals surface area contributed by atoms with E-state index in [-0.39, 0.29) is 5.91 Å². The molecule has 2 aromatic carbocycles. The summed E-state index contributed by atoms with van der Waals surface area (Å²) in [6.45, 7) is 0. The summed E-state index contributed by atoms with van der Waals surface area (Å²) in [4.78, 5) is 18.3. The number of benzene rings is 2. The van der Waals surface area contributed by atoms with Crippen LogP contribution in [0.5, 0.6) is 0 Å². The predicted molar refractivity (Wildman–Crippen MR) is 122 cm³/mol. The highest BCUT2D eigenvalue weighted by Gasteiger charge is 2.28. The minimum atomic E-state index is -0.181. The molecule has 0 saturated heterocycles. The number of carbonyl (C=O) groups excluding carboxylic acids is 1. The largest absolute Gasteiger partial charge is 0.322 e. The zero-order chi connectivity index (χ0) is 21.2. The van der Waals surface area contributed by atoms with Gasteiger partial charge in [0.15, 0.2) is 5.82 Å². The molecule has 0 bridgehead atoms. The Bertz CT molecular complexity index is 1240. The molecule has 1 fully saturated rings. The third-order valence-corrected chi connectivity index (χ3v) is 6.31. The molecular formula is C22H17BrN6OS. The molecule has 31 heavy (non-hydrogen) atoms. The summed E-state index contributed by atoms with van der Waals surface area (Å²) in [6.07, 6.45) is 3.93. The fourth-order valence-electron chi connectivity index (χ4n) is 3.16. The van der Waals surface area contributed by atoms with Crippen molar-refractivity contribution in [3.05, 3.63) is 76.9 Å². The van der Waals surface area contributed by atoms with Crippen LogP contribution in [-0.2, 0) is 0 Å². The Morgan fingerprint density at radius 3 is 2.77 bits per heavy atom. The van der Waals surface area contributed by atoms with E-state index in [9.17, 15) is 4.79 Å². The van der Waals surface area contributed by atoms with Gasteiger partial charge in [0.25, 0.3) is 5.91 Å². The highest BCUT2D eigenvalue weighted by Crippen LogP contribution is 2.37. The van der Waals surface area contributed by atoms with E-state index in [2.05, 4.69) is 41.8 Å². The average molecular weight is 493 g/mol. The summed E-state index contributed by atoms with van der Waals surface area (Å²) in [5.41, 5.74) is 2.15. The smallest absolute Gasteiger partial charge is 0.256 e. The standard InChI is InChI=1S/C22H17BrN6OS/c23-15-8-11-20(24-13-15)31-19-7-2-1-6-18(19)22(30)25-16-5-3-4-14(12-16)21-26-27-28-29(21)17-9-10-17/h1-8,11-13,17H,9-10H2,(H,25,30). The summed E-state index contributed by atoms with van der Waals surface area (Å²) < 4.78 is 2.77. The van der Waals surface area contributed by atoms with E-state index >= 15 is 0 Å². The minimum absolute atomic E-state index is 0.181. The first-order valence-electron chi connectivity index (χ1n) is 9.75. The van der Waals surface area contributed by atoms with Gasteiger partial charge in [-0.3, -0.25) is 4.79 Å². The Balaban J connectivity index is 1.37. The van der Waals surface area contributed by atoms with E-state index in [1.54, 1.807) is 6.20 Å². The zero-order valence-electron chi connectivity index (χ0n) is 16.3. The van der Waals surface area contributed by atoms with Crippen LogP contribution in [0, 0.1) is 0 Å². The molecule has 1 aliphatic carbocycles. The van der Waals surface area contributed by atoms with Crippen LogP contribution >= 0.6 is 27.7 Å². The second kappa shape index (κ2) is 8.60. The summed E-state index contributed by atoms with van der Waals surface area (Å²) in [7, 11) is 0. The van der Waals surface area contributed by atoms with Crippen molar-refractivity contribution < 1.29 is 4.79 Å². The van der Waals surface area contributed by atoms with Crippen LogP contribution in [0.3, 0.4) is 0 Å². The number of rotatable bonds is 6. The molecule has 0 spiro atoms. The Labute approximate surface area is 191 Å². The van der Waals surface area contributed by atoms with Gasteiger partial charge in [-0.25, -0.2) is 9.67 Å². The lowest BCUT2D eigenvalue weighted by Gasteiger charge is -2.11. The topological polar surface area (TPSA) is 85.6 Å². The number of tetrazole rings is 1. The number of aromatic nitrogens is 5. The van der Waals surface area contributed by atoms with Gasteiger partial charge in [-0.15, -0.1) is 5.10 Å². The molecule has 0 atom stereocenters. The molecule has 5 rings (SSSR count). The Kier molecular flexibility index (Phi) is 5.52. The molecule has 9 heteroatoms. The highest BCUT2D eigenvalue weighted by molar-refractivity contribution is 9.10. The number of pyridine rings is 1. The molecule has 154 valence electrons. The van der Waals surface area contributed by atoms with Crippen molar-refractivity contribution in [3.63, 3.8) is 0 Å². The first kappa shape index (κ1) is 19.9. The summed E-state index contributed by atoms with van der Waals surface area (Å²) >= 11 is 4.84. The van der Waals surface area contributed by atoms with Crippen LogP contribution in [0.25, 0.3) is 11.4 Å². The van der Waals surface area contributed by atoms with E-state index < -0.39 is 0 Å². The second-order valence-electron chi connectivity index (χ2n) is 7.13. The van der Waals surface area contributed by atoms with Gasteiger partial charge in [0.1, 0.15) is 5.03 Å². The molecule has 0 unspecified atom stereocenters. The SMILES string of the molecule is O=C(Nc1cccc(-c2nnnn2C2CC2)c1)c1ccccc1Sc1ccc(Br)cn1. The predicted octanol–water partition coefficient (Wildman–Crippen LogP) is 5.24. The van der Waals surface area contributed by atoms with Gasteiger partial charge < -0.3 is 5.32 Å². The highest BCUT2D eigenvalue weighted by atomic mass is 79.9. The van der Waals surface area contributed by atoms with Crippen LogP contribution in [0.15, 0.2) is 81.3 Å². The Morgan fingerprint density at radius 2 is 1.97 bits per heavy atom. The van der Waals surface area contributed by atoms with Crippen LogP contribution in [0.2, 0.25) is 0 Å². The third-order valence-electron chi connectivity index (χ3n) is 4.81. The number of nitrogens with zero attached hydrogens (tertiary/aromatic N) is 5. The summed E-state index contributed by atoms with van der Waals surface area (Å²) in [5, 5.41) is 15.9. The van der Waals surface area contributed by atoms with Crippen molar-refractivity contribution in [1.82, 2.24) is 25.2 Å². The van der Waals surface area contributed by atoms with E-state index in [4.69, 9.17) is 0 Å². The molecule has 1 aliphatic rings. The monoisotopic (exact) mass is 492 g/mol. The Hall–Kier alpha value is -3.04. The molecule has 0 aliphatic heterocycles. The number of carbonyl (C=O) groups is 1. The Morgan fingerprint density at radius 1 is 1.10 bits per heavy atom. The van der Waals surface area contributed by atoms with Gasteiger partial charge in [-0.05, 0) is 75.6 Å². The van der Waals surface area contributed by atoms with E-state index in [0.29, 0.717) is 17.3 Å². The lowest BCUT2D eigenvalue weighted by molar-refractivity contribution is 0.102. The molecule has 2 heterocycles. The number of halogens is 1. The quantitative estimate of drug-likeness (QED) is 0.396. The van der Waals surface area contributed by atoms with Gasteiger partial charge in [0, 0.05) is 26.8 Å². The van der Waals surface area contributed by atoms with Crippen molar-refractivity contribution in [2.45, 2.75) is 28.8 Å². The first-order valence-corrected chi connectivity index (χ1v) is 11.4. The number of anilines is 1. The number of hydrogen-bond donors (Lipinski definition) is 1. The first-order chi connectivity index (χ1) is 15.2. The maximum atomic E-state index is 13.1. The lowest BCUT2D eigenvalue weighted by atomic mass is 10.1. The summed E-state index contributed by atoms with van der Waals surface area (Å²) in [6, 6.07) is 19.3. The number of hydrogen-bond acceptors (Lipinski definition) is 6. The molecule has 1 saturated carbocycles. The van der Waals surface area contributed by atoms with Gasteiger partial charge in [0.2, 0.25) is 0 Å². The van der Waals surface area contributed by atoms with Crippen LogP contribution in [0.1, 0.15) is 29.2 Å². The van der Waals surface area contributed by atoms with Crippen molar-refractivity contribution in [2.75, 3.05) is 5.32 Å². The van der Waals surface area contributed by atoms with Crippen molar-refractivity contribution in [1.29, 1.82) is 0 Å². The third kappa shape index (κ3) is 4.52. The van der Waals surface area contributed by atoms with E-state index in [1.807, 2.05) is 65.3 Å². The van der Waals surface area contributed by atoms with Crippen molar-refractivity contribution in [2.24, 2.45) is 0 Å². The van der Waals surface area contributed by atoms with Gasteiger partial charge >= 0.3 is 0 Å². The fourth-order valence-corrected chi connectivity index (χ4v) is 4.28. The maximum Gasteiger partial charge on any atom is 0.256 e. The normalized spacial score (nSPS) is 13.2. The minimum Gasteiger partial charge on any atom is -0.322 e. The van der Waals surface area contributed by atoms with Crippen LogP contribution < -0.4 is 5.32 Å². The number of nitrogens with one attached hydrogen (secondary N) is 1. The summed E-state index contributed by atoms with van der Waals surface area (Å²) in [5.74, 6) is 0.537.